The van der Waals surface area contributed by atoms with Crippen molar-refractivity contribution >= 4 is 13.7 Å². The molecule has 0 aliphatic heterocycles. The first-order valence-corrected chi connectivity index (χ1v) is 16.1. The summed E-state index contributed by atoms with van der Waals surface area (Å²) >= 11 is 0. The fourth-order valence-corrected chi connectivity index (χ4v) is 4.14. The van der Waals surface area contributed by atoms with Crippen LogP contribution in [-0.2, 0) is 18.4 Å². The number of carbonyl (C=O) groups is 1. The van der Waals surface area contributed by atoms with Crippen molar-refractivity contribution in [2.24, 2.45) is 0 Å². The Morgan fingerprint density at radius 2 is 1.38 bits per heavy atom. The average Bonchev–Trinajstić information content (AvgIpc) is 2.88. The molecule has 0 aliphatic rings. The van der Waals surface area contributed by atoms with Gasteiger partial charge in [-0.2, -0.15) is 0 Å². The lowest BCUT2D eigenvalue weighted by molar-refractivity contribution is -0.870. The quantitative estimate of drug-likeness (QED) is 0.0526. The van der Waals surface area contributed by atoms with Gasteiger partial charge in [-0.3, -0.25) is 13.8 Å². The van der Waals surface area contributed by atoms with Gasteiger partial charge in [-0.05, 0) is 38.5 Å². The standard InChI is InChI=1S/C31H55N2O6P/c1-6-8-10-11-12-13-14-15-16-17-18-19-20-21-23-25-31(35)32-29(30(34)24-22-9-7-2)28-39-40(36,37)38-27-26-33(3,4)5/h8,10,12-13,15-16,18-19,21,23,29-30,34H,6-7,9,11,14,17,20,22,24-28H2,1-5H3,(H-,32,35,36,37)/p+1/b10-8-,13-12-,16-15-,19-18-,23-21-. The molecule has 0 aromatic carbocycles. The molecule has 0 fully saturated rings. The summed E-state index contributed by atoms with van der Waals surface area (Å²) in [6, 6.07) is -0.811. The highest BCUT2D eigenvalue weighted by Gasteiger charge is 2.28. The molecule has 3 atom stereocenters. The number of unbranched alkanes of at least 4 members (excludes halogenated alkanes) is 2. The predicted molar refractivity (Wildman–Crippen MR) is 166 cm³/mol. The van der Waals surface area contributed by atoms with Crippen LogP contribution in [0, 0.1) is 0 Å². The number of nitrogens with zero attached hydrogens (tertiary/aromatic N) is 1. The number of rotatable bonds is 24. The van der Waals surface area contributed by atoms with Crippen LogP contribution in [-0.4, -0.2) is 73.4 Å². The van der Waals surface area contributed by atoms with Gasteiger partial charge in [0.15, 0.2) is 0 Å². The Bertz CT molecular complexity index is 845. The second-order valence-electron chi connectivity index (χ2n) is 10.8. The van der Waals surface area contributed by atoms with E-state index >= 15 is 0 Å². The number of hydrogen-bond donors (Lipinski definition) is 3. The third-order valence-electron chi connectivity index (χ3n) is 5.81. The molecule has 40 heavy (non-hydrogen) atoms. The van der Waals surface area contributed by atoms with Crippen LogP contribution >= 0.6 is 7.82 Å². The lowest BCUT2D eigenvalue weighted by Crippen LogP contribution is -2.46. The van der Waals surface area contributed by atoms with E-state index in [1.54, 1.807) is 6.08 Å². The Kier molecular flexibility index (Phi) is 22.8. The van der Waals surface area contributed by atoms with Crippen molar-refractivity contribution < 1.29 is 32.9 Å². The number of aliphatic hydroxyl groups is 1. The summed E-state index contributed by atoms with van der Waals surface area (Å²) in [7, 11) is 1.53. The van der Waals surface area contributed by atoms with Gasteiger partial charge in [0.2, 0.25) is 5.91 Å². The van der Waals surface area contributed by atoms with Crippen molar-refractivity contribution in [3.05, 3.63) is 60.8 Å². The molecule has 0 aromatic rings. The number of quaternary nitrogens is 1. The number of phosphoric acid groups is 1. The Hall–Kier alpha value is -1.80. The van der Waals surface area contributed by atoms with Gasteiger partial charge in [-0.15, -0.1) is 0 Å². The SMILES string of the molecule is CC/C=C\C/C=C\C/C=C\C/C=C\C/C=C\CC(=O)NC(COP(=O)(O)OCC[N+](C)(C)C)C(O)CCCCC. The van der Waals surface area contributed by atoms with Crippen LogP contribution in [0.3, 0.4) is 0 Å². The van der Waals surface area contributed by atoms with E-state index in [1.165, 1.54) is 0 Å². The summed E-state index contributed by atoms with van der Waals surface area (Å²) in [5.74, 6) is -0.289. The molecule has 0 saturated carbocycles. The minimum Gasteiger partial charge on any atom is -0.391 e. The van der Waals surface area contributed by atoms with Crippen LogP contribution in [0.15, 0.2) is 60.8 Å². The predicted octanol–water partition coefficient (Wildman–Crippen LogP) is 6.39. The number of carbonyl (C=O) groups excluding carboxylic acids is 1. The van der Waals surface area contributed by atoms with Gasteiger partial charge in [-0.25, -0.2) is 4.57 Å². The molecule has 1 amide bonds. The molecule has 0 aliphatic carbocycles. The van der Waals surface area contributed by atoms with Gasteiger partial charge in [0.05, 0.1) is 39.9 Å². The summed E-state index contributed by atoms with van der Waals surface area (Å²) in [5.41, 5.74) is 0. The van der Waals surface area contributed by atoms with Crippen molar-refractivity contribution in [2.75, 3.05) is 40.9 Å². The number of hydrogen-bond acceptors (Lipinski definition) is 5. The molecule has 0 rings (SSSR count). The van der Waals surface area contributed by atoms with Gasteiger partial charge in [0.25, 0.3) is 0 Å². The van der Waals surface area contributed by atoms with Crippen LogP contribution in [0.5, 0.6) is 0 Å². The summed E-state index contributed by atoms with van der Waals surface area (Å²) in [6.45, 7) is 4.46. The van der Waals surface area contributed by atoms with E-state index in [9.17, 15) is 19.4 Å². The summed E-state index contributed by atoms with van der Waals surface area (Å²) < 4.78 is 23.0. The number of allylic oxidation sites excluding steroid dienone is 9. The summed E-state index contributed by atoms with van der Waals surface area (Å²) in [4.78, 5) is 22.5. The highest BCUT2D eigenvalue weighted by atomic mass is 31.2. The van der Waals surface area contributed by atoms with E-state index in [4.69, 9.17) is 9.05 Å². The molecular formula is C31H56N2O6P+. The molecule has 0 spiro atoms. The summed E-state index contributed by atoms with van der Waals surface area (Å²) in [6.07, 6.45) is 27.8. The Morgan fingerprint density at radius 3 is 1.88 bits per heavy atom. The molecule has 8 nitrogen and oxygen atoms in total. The van der Waals surface area contributed by atoms with Crippen molar-refractivity contribution in [3.8, 4) is 0 Å². The van der Waals surface area contributed by atoms with Crippen LogP contribution in [0.25, 0.3) is 0 Å². The van der Waals surface area contributed by atoms with E-state index in [-0.39, 0.29) is 25.5 Å². The van der Waals surface area contributed by atoms with E-state index in [1.807, 2.05) is 27.2 Å². The molecular weight excluding hydrogens is 527 g/mol. The number of amides is 1. The maximum Gasteiger partial charge on any atom is 0.472 e. The minimum atomic E-state index is -4.31. The highest BCUT2D eigenvalue weighted by molar-refractivity contribution is 7.47. The van der Waals surface area contributed by atoms with E-state index in [2.05, 4.69) is 67.8 Å². The Morgan fingerprint density at radius 1 is 0.850 bits per heavy atom. The van der Waals surface area contributed by atoms with Gasteiger partial charge < -0.3 is 19.8 Å². The topological polar surface area (TPSA) is 105 Å². The largest absolute Gasteiger partial charge is 0.472 e. The minimum absolute atomic E-state index is 0.0530. The third-order valence-corrected chi connectivity index (χ3v) is 6.79. The zero-order valence-electron chi connectivity index (χ0n) is 25.5. The van der Waals surface area contributed by atoms with Crippen molar-refractivity contribution in [1.29, 1.82) is 0 Å². The zero-order chi connectivity index (χ0) is 30.1. The van der Waals surface area contributed by atoms with Crippen molar-refractivity contribution in [3.63, 3.8) is 0 Å². The average molecular weight is 584 g/mol. The molecule has 0 radical (unpaired) electrons. The van der Waals surface area contributed by atoms with Crippen LogP contribution in [0.4, 0.5) is 0 Å². The van der Waals surface area contributed by atoms with Gasteiger partial charge in [0, 0.05) is 6.42 Å². The second kappa shape index (κ2) is 23.9. The first kappa shape index (κ1) is 38.2. The Labute approximate surface area is 243 Å². The van der Waals surface area contributed by atoms with E-state index in [0.29, 0.717) is 17.4 Å². The number of phosphoric ester groups is 1. The van der Waals surface area contributed by atoms with Crippen molar-refractivity contribution in [2.45, 2.75) is 90.2 Å². The lowest BCUT2D eigenvalue weighted by atomic mass is 10.0. The first-order valence-electron chi connectivity index (χ1n) is 14.7. The molecule has 0 heterocycles. The molecule has 3 N–H and O–H groups in total. The first-order chi connectivity index (χ1) is 19.0. The van der Waals surface area contributed by atoms with E-state index in [0.717, 1.165) is 51.4 Å². The highest BCUT2D eigenvalue weighted by Crippen LogP contribution is 2.43. The maximum absolute atomic E-state index is 12.5. The van der Waals surface area contributed by atoms with Gasteiger partial charge in [-0.1, -0.05) is 93.9 Å². The van der Waals surface area contributed by atoms with Gasteiger partial charge >= 0.3 is 7.82 Å². The molecule has 0 aromatic heterocycles. The fraction of sp³-hybridized carbons (Fsp3) is 0.645. The zero-order valence-corrected chi connectivity index (χ0v) is 26.4. The molecule has 0 bridgehead atoms. The lowest BCUT2D eigenvalue weighted by Gasteiger charge is -2.26. The fourth-order valence-electron chi connectivity index (χ4n) is 3.40. The molecule has 0 saturated heterocycles. The smallest absolute Gasteiger partial charge is 0.391 e. The van der Waals surface area contributed by atoms with E-state index < -0.39 is 20.0 Å². The second-order valence-corrected chi connectivity index (χ2v) is 12.2. The van der Waals surface area contributed by atoms with Crippen LogP contribution in [0.1, 0.15) is 78.1 Å². The van der Waals surface area contributed by atoms with Gasteiger partial charge in [0.1, 0.15) is 13.2 Å². The molecule has 9 heteroatoms. The number of aliphatic hydroxyl groups excluding tert-OH is 1. The van der Waals surface area contributed by atoms with Crippen LogP contribution in [0.2, 0.25) is 0 Å². The normalized spacial score (nSPS) is 16.1. The summed E-state index contributed by atoms with van der Waals surface area (Å²) in [5, 5.41) is 13.4. The monoisotopic (exact) mass is 583 g/mol. The number of nitrogens with one attached hydrogen (secondary N) is 1. The van der Waals surface area contributed by atoms with Crippen LogP contribution < -0.4 is 5.32 Å². The third kappa shape index (κ3) is 25.2. The Balaban J connectivity index is 4.55. The number of likely N-dealkylation sites (N-methyl/N-ethyl adjacent to an activating group) is 1. The maximum atomic E-state index is 12.5. The molecule has 230 valence electrons. The van der Waals surface area contributed by atoms with Crippen molar-refractivity contribution in [1.82, 2.24) is 5.32 Å². The molecule has 3 unspecified atom stereocenters.